The lowest BCUT2D eigenvalue weighted by Crippen LogP contribution is -2.08. The van der Waals surface area contributed by atoms with Crippen LogP contribution >= 0.6 is 15.9 Å². The molecule has 0 saturated heterocycles. The highest BCUT2D eigenvalue weighted by Gasteiger charge is 2.35. The summed E-state index contributed by atoms with van der Waals surface area (Å²) in [5.41, 5.74) is 4.37. The highest BCUT2D eigenvalue weighted by molar-refractivity contribution is 9.10. The van der Waals surface area contributed by atoms with E-state index < -0.39 is 17.5 Å². The smallest absolute Gasteiger partial charge is 0.420 e. The average Bonchev–Trinajstić information content (AvgIpc) is 2.33. The normalized spacial score (nSPS) is 11.4. The zero-order valence-electron chi connectivity index (χ0n) is 9.28. The predicted octanol–water partition coefficient (Wildman–Crippen LogP) is 3.63. The number of nitrogens with zero attached hydrogens (tertiary/aromatic N) is 2. The summed E-state index contributed by atoms with van der Waals surface area (Å²) in [6, 6.07) is 3.06. The molecule has 0 fully saturated rings. The minimum atomic E-state index is -4.57. The monoisotopic (exact) mass is 333 g/mol. The number of ether oxygens (including phenoxy) is 1. The van der Waals surface area contributed by atoms with Crippen LogP contribution in [0, 0.1) is 0 Å². The van der Waals surface area contributed by atoms with Gasteiger partial charge in [-0.2, -0.15) is 13.2 Å². The lowest BCUT2D eigenvalue weighted by atomic mass is 10.1. The second-order valence-corrected chi connectivity index (χ2v) is 4.45. The first-order chi connectivity index (χ1) is 8.86. The van der Waals surface area contributed by atoms with Crippen LogP contribution in [0.4, 0.5) is 18.9 Å². The summed E-state index contributed by atoms with van der Waals surface area (Å²) in [7, 11) is 0. The van der Waals surface area contributed by atoms with Gasteiger partial charge >= 0.3 is 12.2 Å². The molecule has 19 heavy (non-hydrogen) atoms. The molecule has 0 spiro atoms. The zero-order chi connectivity index (χ0) is 14.0. The fourth-order valence-electron chi connectivity index (χ4n) is 1.31. The summed E-state index contributed by atoms with van der Waals surface area (Å²) in [5, 5.41) is 0. The van der Waals surface area contributed by atoms with Crippen LogP contribution in [0.1, 0.15) is 5.56 Å². The molecule has 0 amide bonds. The van der Waals surface area contributed by atoms with Crippen molar-refractivity contribution < 1.29 is 17.9 Å². The molecule has 8 heteroatoms. The number of nitrogens with two attached hydrogens (primary N) is 1. The first-order valence-corrected chi connectivity index (χ1v) is 5.77. The Morgan fingerprint density at radius 1 is 1.16 bits per heavy atom. The number of hydrogen-bond acceptors (Lipinski definition) is 4. The van der Waals surface area contributed by atoms with Gasteiger partial charge in [-0.15, -0.1) is 0 Å². The van der Waals surface area contributed by atoms with Crippen molar-refractivity contribution in [3.05, 3.63) is 40.6 Å². The topological polar surface area (TPSA) is 61.0 Å². The van der Waals surface area contributed by atoms with Crippen molar-refractivity contribution >= 4 is 21.6 Å². The number of rotatable bonds is 2. The molecule has 0 aliphatic carbocycles. The molecule has 1 heterocycles. The molecular weight excluding hydrogens is 327 g/mol. The number of aromatic nitrogens is 2. The van der Waals surface area contributed by atoms with Crippen LogP contribution in [0.2, 0.25) is 0 Å². The molecule has 0 aliphatic heterocycles. The average molecular weight is 334 g/mol. The van der Waals surface area contributed by atoms with E-state index in [9.17, 15) is 13.2 Å². The molecule has 2 N–H and O–H groups in total. The van der Waals surface area contributed by atoms with Crippen LogP contribution in [0.5, 0.6) is 11.8 Å². The molecule has 0 aliphatic rings. The van der Waals surface area contributed by atoms with Crippen molar-refractivity contribution in [1.29, 1.82) is 0 Å². The molecule has 2 aromatic rings. The minimum Gasteiger partial charge on any atom is -0.424 e. The molecule has 0 saturated carbocycles. The van der Waals surface area contributed by atoms with E-state index in [0.717, 1.165) is 12.1 Å². The van der Waals surface area contributed by atoms with Gasteiger partial charge < -0.3 is 10.5 Å². The third-order valence-corrected chi connectivity index (χ3v) is 2.52. The standard InChI is InChI=1S/C11H7BrF3N3O/c12-6-4-17-10(18-5-6)19-9-2-1-7(16)3-8(9)11(13,14)15/h1-5H,16H2. The van der Waals surface area contributed by atoms with Gasteiger partial charge in [0.1, 0.15) is 11.3 Å². The summed E-state index contributed by atoms with van der Waals surface area (Å²) in [4.78, 5) is 7.48. The summed E-state index contributed by atoms with van der Waals surface area (Å²) in [6.45, 7) is 0. The van der Waals surface area contributed by atoms with Crippen molar-refractivity contribution in [3.8, 4) is 11.8 Å². The molecule has 4 nitrogen and oxygen atoms in total. The second-order valence-electron chi connectivity index (χ2n) is 3.54. The molecule has 0 radical (unpaired) electrons. The van der Waals surface area contributed by atoms with Gasteiger partial charge in [0.2, 0.25) is 0 Å². The van der Waals surface area contributed by atoms with Gasteiger partial charge in [0.15, 0.2) is 0 Å². The van der Waals surface area contributed by atoms with Gasteiger partial charge in [0.25, 0.3) is 0 Å². The van der Waals surface area contributed by atoms with Gasteiger partial charge in [-0.1, -0.05) is 0 Å². The Balaban J connectivity index is 2.37. The van der Waals surface area contributed by atoms with E-state index >= 15 is 0 Å². The van der Waals surface area contributed by atoms with Crippen LogP contribution in [0.15, 0.2) is 35.1 Å². The van der Waals surface area contributed by atoms with E-state index in [4.69, 9.17) is 10.5 Å². The number of benzene rings is 1. The molecule has 2 rings (SSSR count). The van der Waals surface area contributed by atoms with Crippen LogP contribution in [0.25, 0.3) is 0 Å². The SMILES string of the molecule is Nc1ccc(Oc2ncc(Br)cn2)c(C(F)(F)F)c1. The Morgan fingerprint density at radius 2 is 1.79 bits per heavy atom. The van der Waals surface area contributed by atoms with Crippen molar-refractivity contribution in [2.24, 2.45) is 0 Å². The fraction of sp³-hybridized carbons (Fsp3) is 0.0909. The molecule has 1 aromatic carbocycles. The fourth-order valence-corrected chi connectivity index (χ4v) is 1.51. The van der Waals surface area contributed by atoms with Crippen molar-refractivity contribution in [2.45, 2.75) is 6.18 Å². The van der Waals surface area contributed by atoms with Gasteiger partial charge in [-0.05, 0) is 34.1 Å². The van der Waals surface area contributed by atoms with Gasteiger partial charge in [0.05, 0.1) is 4.47 Å². The quantitative estimate of drug-likeness (QED) is 0.852. The second kappa shape index (κ2) is 5.04. The number of nitrogen functional groups attached to an aromatic ring is 1. The third kappa shape index (κ3) is 3.34. The van der Waals surface area contributed by atoms with E-state index in [1.54, 1.807) is 0 Å². The van der Waals surface area contributed by atoms with E-state index in [0.29, 0.717) is 4.47 Å². The van der Waals surface area contributed by atoms with E-state index in [-0.39, 0.29) is 11.7 Å². The first kappa shape index (κ1) is 13.6. The summed E-state index contributed by atoms with van der Waals surface area (Å²) in [5.74, 6) is -0.399. The maximum atomic E-state index is 12.8. The Bertz CT molecular complexity index is 587. The lowest BCUT2D eigenvalue weighted by molar-refractivity contribution is -0.138. The van der Waals surface area contributed by atoms with Gasteiger partial charge in [-0.25, -0.2) is 9.97 Å². The summed E-state index contributed by atoms with van der Waals surface area (Å²) < 4.78 is 44.1. The zero-order valence-corrected chi connectivity index (χ0v) is 10.9. The van der Waals surface area contributed by atoms with Crippen molar-refractivity contribution in [3.63, 3.8) is 0 Å². The summed E-state index contributed by atoms with van der Waals surface area (Å²) in [6.07, 6.45) is -1.83. The van der Waals surface area contributed by atoms with Crippen molar-refractivity contribution in [2.75, 3.05) is 5.73 Å². The third-order valence-electron chi connectivity index (χ3n) is 2.11. The molecular formula is C11H7BrF3N3O. The molecule has 0 unspecified atom stereocenters. The van der Waals surface area contributed by atoms with Crippen LogP contribution in [-0.4, -0.2) is 9.97 Å². The maximum absolute atomic E-state index is 12.8. The predicted molar refractivity (Wildman–Crippen MR) is 65.7 cm³/mol. The molecule has 100 valence electrons. The van der Waals surface area contributed by atoms with Crippen molar-refractivity contribution in [1.82, 2.24) is 9.97 Å². The van der Waals surface area contributed by atoms with Crippen LogP contribution in [0.3, 0.4) is 0 Å². The van der Waals surface area contributed by atoms with E-state index in [2.05, 4.69) is 25.9 Å². The highest BCUT2D eigenvalue weighted by atomic mass is 79.9. The largest absolute Gasteiger partial charge is 0.424 e. The van der Waals surface area contributed by atoms with Gasteiger partial charge in [0, 0.05) is 18.1 Å². The number of hydrogen-bond donors (Lipinski definition) is 1. The first-order valence-electron chi connectivity index (χ1n) is 4.98. The number of anilines is 1. The van der Waals surface area contributed by atoms with E-state index in [1.165, 1.54) is 18.5 Å². The van der Waals surface area contributed by atoms with Crippen LogP contribution < -0.4 is 10.5 Å². The molecule has 0 atom stereocenters. The Hall–Kier alpha value is -1.83. The number of halogens is 4. The van der Waals surface area contributed by atoms with E-state index in [1.807, 2.05) is 0 Å². The number of alkyl halides is 3. The van der Waals surface area contributed by atoms with Crippen LogP contribution in [-0.2, 0) is 6.18 Å². The Morgan fingerprint density at radius 3 is 2.37 bits per heavy atom. The minimum absolute atomic E-state index is 0.00333. The Kier molecular flexibility index (Phi) is 3.61. The van der Waals surface area contributed by atoms with Gasteiger partial charge in [-0.3, -0.25) is 0 Å². The Labute approximate surface area is 114 Å². The maximum Gasteiger partial charge on any atom is 0.420 e. The molecule has 0 bridgehead atoms. The molecule has 1 aromatic heterocycles. The lowest BCUT2D eigenvalue weighted by Gasteiger charge is -2.13. The highest BCUT2D eigenvalue weighted by Crippen LogP contribution is 2.38. The summed E-state index contributed by atoms with van der Waals surface area (Å²) >= 11 is 3.11.